The van der Waals surface area contributed by atoms with Crippen LogP contribution in [0, 0.1) is 5.82 Å². The number of nitrogens with one attached hydrogen (secondary N) is 1. The molecule has 0 unspecified atom stereocenters. The lowest BCUT2D eigenvalue weighted by Gasteiger charge is -2.07. The van der Waals surface area contributed by atoms with Gasteiger partial charge in [0, 0.05) is 4.47 Å². The number of carbonyl (C=O) groups excluding carboxylic acids is 1. The highest BCUT2D eigenvalue weighted by molar-refractivity contribution is 9.10. The fourth-order valence-electron chi connectivity index (χ4n) is 1.67. The normalized spacial score (nSPS) is 11.1. The van der Waals surface area contributed by atoms with E-state index in [-0.39, 0.29) is 10.6 Å². The average molecular weight is 372 g/mol. The van der Waals surface area contributed by atoms with Crippen molar-refractivity contribution in [3.63, 3.8) is 0 Å². The summed E-state index contributed by atoms with van der Waals surface area (Å²) in [5, 5.41) is 2.25. The van der Waals surface area contributed by atoms with E-state index in [9.17, 15) is 17.6 Å². The Labute approximate surface area is 130 Å². The first-order valence-electron chi connectivity index (χ1n) is 5.91. The van der Waals surface area contributed by atoms with Crippen molar-refractivity contribution >= 4 is 37.4 Å². The van der Waals surface area contributed by atoms with Crippen LogP contribution in [0.1, 0.15) is 0 Å². The maximum absolute atomic E-state index is 13.4. The molecule has 0 bridgehead atoms. The Morgan fingerprint density at radius 1 is 1.14 bits per heavy atom. The number of halogens is 2. The van der Waals surface area contributed by atoms with E-state index >= 15 is 0 Å². The van der Waals surface area contributed by atoms with Gasteiger partial charge in [0.1, 0.15) is 11.6 Å². The van der Waals surface area contributed by atoms with Crippen LogP contribution in [0.15, 0.2) is 57.9 Å². The minimum absolute atomic E-state index is 0.0283. The standard InChI is InChI=1S/C14H11BrFNO3S/c15-10-4-3-5-11(8-10)21(19,20)9-14(18)17-13-7-2-1-6-12(13)16/h1-8H,9H2,(H,17,18). The molecule has 0 radical (unpaired) electrons. The van der Waals surface area contributed by atoms with Crippen molar-refractivity contribution in [1.29, 1.82) is 0 Å². The van der Waals surface area contributed by atoms with Gasteiger partial charge in [-0.05, 0) is 30.3 Å². The molecular weight excluding hydrogens is 361 g/mol. The van der Waals surface area contributed by atoms with Gasteiger partial charge < -0.3 is 5.32 Å². The zero-order chi connectivity index (χ0) is 15.5. The Balaban J connectivity index is 2.14. The molecular formula is C14H11BrFNO3S. The molecule has 0 aliphatic heterocycles. The summed E-state index contributed by atoms with van der Waals surface area (Å²) in [5.41, 5.74) is -0.0491. The van der Waals surface area contributed by atoms with Crippen LogP contribution in [0.25, 0.3) is 0 Å². The Morgan fingerprint density at radius 3 is 2.52 bits per heavy atom. The van der Waals surface area contributed by atoms with Gasteiger partial charge in [-0.3, -0.25) is 4.79 Å². The summed E-state index contributed by atoms with van der Waals surface area (Å²) in [6, 6.07) is 11.6. The van der Waals surface area contributed by atoms with Gasteiger partial charge in [-0.25, -0.2) is 12.8 Å². The van der Waals surface area contributed by atoms with E-state index in [1.165, 1.54) is 30.3 Å². The van der Waals surface area contributed by atoms with Gasteiger partial charge >= 0.3 is 0 Å². The molecule has 1 amide bonds. The van der Waals surface area contributed by atoms with Gasteiger partial charge in [-0.1, -0.05) is 34.1 Å². The van der Waals surface area contributed by atoms with Crippen molar-refractivity contribution in [3.8, 4) is 0 Å². The van der Waals surface area contributed by atoms with Crippen molar-refractivity contribution in [2.24, 2.45) is 0 Å². The van der Waals surface area contributed by atoms with Crippen molar-refractivity contribution in [2.75, 3.05) is 11.1 Å². The van der Waals surface area contributed by atoms with E-state index < -0.39 is 27.3 Å². The lowest BCUT2D eigenvalue weighted by atomic mass is 10.3. The monoisotopic (exact) mass is 371 g/mol. The van der Waals surface area contributed by atoms with E-state index in [1.54, 1.807) is 18.2 Å². The molecule has 0 saturated carbocycles. The highest BCUT2D eigenvalue weighted by Crippen LogP contribution is 2.18. The van der Waals surface area contributed by atoms with Crippen molar-refractivity contribution in [2.45, 2.75) is 4.90 Å². The number of hydrogen-bond donors (Lipinski definition) is 1. The van der Waals surface area contributed by atoms with E-state index in [2.05, 4.69) is 21.2 Å². The second-order valence-corrected chi connectivity index (χ2v) is 7.15. The molecule has 0 aliphatic carbocycles. The Hall–Kier alpha value is -1.73. The zero-order valence-electron chi connectivity index (χ0n) is 10.7. The molecule has 0 saturated heterocycles. The van der Waals surface area contributed by atoms with Crippen molar-refractivity contribution in [3.05, 3.63) is 58.8 Å². The van der Waals surface area contributed by atoms with Crippen LogP contribution >= 0.6 is 15.9 Å². The van der Waals surface area contributed by atoms with Crippen molar-refractivity contribution < 1.29 is 17.6 Å². The van der Waals surface area contributed by atoms with Crippen LogP contribution < -0.4 is 5.32 Å². The van der Waals surface area contributed by atoms with E-state index in [0.717, 1.165) is 0 Å². The van der Waals surface area contributed by atoms with Gasteiger partial charge in [-0.2, -0.15) is 0 Å². The first-order valence-corrected chi connectivity index (χ1v) is 8.36. The molecule has 0 aromatic heterocycles. The lowest BCUT2D eigenvalue weighted by molar-refractivity contribution is -0.113. The van der Waals surface area contributed by atoms with Gasteiger partial charge in [0.05, 0.1) is 10.6 Å². The summed E-state index contributed by atoms with van der Waals surface area (Å²) in [6.07, 6.45) is 0. The number of rotatable bonds is 4. The maximum Gasteiger partial charge on any atom is 0.240 e. The molecule has 2 aromatic carbocycles. The Bertz CT molecular complexity index is 777. The van der Waals surface area contributed by atoms with Gasteiger partial charge in [0.15, 0.2) is 9.84 Å². The van der Waals surface area contributed by atoms with Crippen LogP contribution in [-0.4, -0.2) is 20.1 Å². The van der Waals surface area contributed by atoms with E-state index in [0.29, 0.717) is 4.47 Å². The largest absolute Gasteiger partial charge is 0.323 e. The molecule has 21 heavy (non-hydrogen) atoms. The number of sulfone groups is 1. The highest BCUT2D eigenvalue weighted by atomic mass is 79.9. The molecule has 4 nitrogen and oxygen atoms in total. The summed E-state index contributed by atoms with van der Waals surface area (Å²) < 4.78 is 38.2. The number of anilines is 1. The second kappa shape index (κ2) is 6.36. The summed E-state index contributed by atoms with van der Waals surface area (Å²) in [6.45, 7) is 0. The average Bonchev–Trinajstić information content (AvgIpc) is 2.41. The number of amides is 1. The Kier molecular flexibility index (Phi) is 4.74. The smallest absolute Gasteiger partial charge is 0.240 e. The minimum Gasteiger partial charge on any atom is -0.323 e. The molecule has 0 heterocycles. The van der Waals surface area contributed by atoms with Crippen LogP contribution in [0.5, 0.6) is 0 Å². The molecule has 0 aliphatic rings. The third-order valence-corrected chi connectivity index (χ3v) is 4.73. The second-order valence-electron chi connectivity index (χ2n) is 4.24. The third-order valence-electron chi connectivity index (χ3n) is 2.62. The lowest BCUT2D eigenvalue weighted by Crippen LogP contribution is -2.23. The minimum atomic E-state index is -3.78. The van der Waals surface area contributed by atoms with Gasteiger partial charge in [0.2, 0.25) is 5.91 Å². The Morgan fingerprint density at radius 2 is 1.86 bits per heavy atom. The molecule has 7 heteroatoms. The highest BCUT2D eigenvalue weighted by Gasteiger charge is 2.20. The maximum atomic E-state index is 13.4. The summed E-state index contributed by atoms with van der Waals surface area (Å²) in [4.78, 5) is 11.8. The van der Waals surface area contributed by atoms with Crippen LogP contribution in [0.3, 0.4) is 0 Å². The summed E-state index contributed by atoms with van der Waals surface area (Å²) >= 11 is 3.17. The quantitative estimate of drug-likeness (QED) is 0.898. The fourth-order valence-corrected chi connectivity index (χ4v) is 3.39. The summed E-state index contributed by atoms with van der Waals surface area (Å²) in [5.74, 6) is -2.16. The molecule has 2 aromatic rings. The number of para-hydroxylation sites is 1. The van der Waals surface area contributed by atoms with Gasteiger partial charge in [0.25, 0.3) is 0 Å². The molecule has 0 atom stereocenters. The number of hydrogen-bond acceptors (Lipinski definition) is 3. The van der Waals surface area contributed by atoms with Crippen LogP contribution in [0.4, 0.5) is 10.1 Å². The predicted molar refractivity (Wildman–Crippen MR) is 81.2 cm³/mol. The first kappa shape index (κ1) is 15.7. The van der Waals surface area contributed by atoms with Crippen molar-refractivity contribution in [1.82, 2.24) is 0 Å². The molecule has 1 N–H and O–H groups in total. The zero-order valence-corrected chi connectivity index (χ0v) is 13.1. The fraction of sp³-hybridized carbons (Fsp3) is 0.0714. The molecule has 110 valence electrons. The van der Waals surface area contributed by atoms with Crippen LogP contribution in [0.2, 0.25) is 0 Å². The number of carbonyl (C=O) groups is 1. The van der Waals surface area contributed by atoms with E-state index in [1.807, 2.05) is 0 Å². The molecule has 0 fully saturated rings. The SMILES string of the molecule is O=C(CS(=O)(=O)c1cccc(Br)c1)Nc1ccccc1F. The van der Waals surface area contributed by atoms with Gasteiger partial charge in [-0.15, -0.1) is 0 Å². The van der Waals surface area contributed by atoms with Crippen LogP contribution in [-0.2, 0) is 14.6 Å². The number of benzene rings is 2. The predicted octanol–water partition coefficient (Wildman–Crippen LogP) is 3.00. The first-order chi connectivity index (χ1) is 9.88. The van der Waals surface area contributed by atoms with E-state index in [4.69, 9.17) is 0 Å². The molecule has 0 spiro atoms. The third kappa shape index (κ3) is 4.12. The summed E-state index contributed by atoms with van der Waals surface area (Å²) in [7, 11) is -3.78. The topological polar surface area (TPSA) is 63.2 Å². The molecule has 2 rings (SSSR count).